The van der Waals surface area contributed by atoms with E-state index in [2.05, 4.69) is 157 Å². The van der Waals surface area contributed by atoms with Gasteiger partial charge in [0, 0.05) is 29.4 Å². The van der Waals surface area contributed by atoms with E-state index < -0.39 is 0 Å². The van der Waals surface area contributed by atoms with Gasteiger partial charge in [-0.15, -0.1) is 0 Å². The van der Waals surface area contributed by atoms with Gasteiger partial charge in [0.15, 0.2) is 11.7 Å². The Morgan fingerprint density at radius 1 is 0.755 bits per heavy atom. The zero-order chi connectivity index (χ0) is 36.0. The standard InChI is InChI=1S/C42H32N4.C7H8/c1-43-42(38-21-9-20-37-39(33-16-10-24-44-26-33)35-18-6-7-19-36(35)40(37)38)46-41(31-23-22-28-11-2-3-13-30(28)25-31)45-27-32-15-8-14-29-12-4-5-17-34(29)32;1-7-5-3-2-4-6-7/h3-10,12-26,39H,1-2,11,27H2;2-6H,1H3. The maximum atomic E-state index is 5.23. The molecule has 0 aliphatic heterocycles. The summed E-state index contributed by atoms with van der Waals surface area (Å²) in [5.41, 5.74) is 12.9. The quantitative estimate of drug-likeness (QED) is 0.131. The Balaban J connectivity index is 0.000000515. The van der Waals surface area contributed by atoms with Crippen LogP contribution in [0.2, 0.25) is 0 Å². The molecule has 7 aromatic rings. The molecule has 0 amide bonds. The van der Waals surface area contributed by atoms with Crippen molar-refractivity contribution in [1.29, 1.82) is 0 Å². The molecule has 0 saturated heterocycles. The fourth-order valence-corrected chi connectivity index (χ4v) is 7.51. The molecule has 256 valence electrons. The average Bonchev–Trinajstić information content (AvgIpc) is 3.56. The minimum absolute atomic E-state index is 0.0813. The molecule has 6 aromatic carbocycles. The van der Waals surface area contributed by atoms with Crippen LogP contribution in [0, 0.1) is 6.92 Å². The molecule has 1 atom stereocenters. The summed E-state index contributed by atoms with van der Waals surface area (Å²) in [6.07, 6.45) is 10.3. The summed E-state index contributed by atoms with van der Waals surface area (Å²) in [4.78, 5) is 19.4. The molecule has 0 saturated carbocycles. The first-order valence-corrected chi connectivity index (χ1v) is 18.2. The van der Waals surface area contributed by atoms with E-state index in [1.165, 1.54) is 44.2 Å². The van der Waals surface area contributed by atoms with E-state index in [4.69, 9.17) is 9.98 Å². The van der Waals surface area contributed by atoms with Gasteiger partial charge in [0.05, 0.1) is 6.54 Å². The van der Waals surface area contributed by atoms with Crippen LogP contribution in [0.25, 0.3) is 28.0 Å². The smallest absolute Gasteiger partial charge is 0.161 e. The summed E-state index contributed by atoms with van der Waals surface area (Å²) in [7, 11) is 0. The monoisotopic (exact) mass is 684 g/mol. The van der Waals surface area contributed by atoms with Gasteiger partial charge in [0.2, 0.25) is 0 Å². The van der Waals surface area contributed by atoms with Gasteiger partial charge in [-0.25, -0.2) is 9.98 Å². The van der Waals surface area contributed by atoms with Gasteiger partial charge in [-0.2, -0.15) is 0 Å². The number of aliphatic imine (C=N–C) groups is 3. The number of nitrogens with zero attached hydrogens (tertiary/aromatic N) is 4. The van der Waals surface area contributed by atoms with Crippen molar-refractivity contribution in [3.05, 3.63) is 214 Å². The highest BCUT2D eigenvalue weighted by atomic mass is 15.0. The molecule has 2 aliphatic carbocycles. The second kappa shape index (κ2) is 15.4. The third-order valence-electron chi connectivity index (χ3n) is 10.1. The van der Waals surface area contributed by atoms with Crippen molar-refractivity contribution < 1.29 is 0 Å². The molecular weight excluding hydrogens is 645 g/mol. The molecule has 1 aromatic heterocycles. The van der Waals surface area contributed by atoms with Crippen molar-refractivity contribution >= 4 is 35.2 Å². The van der Waals surface area contributed by atoms with Gasteiger partial charge in [0.1, 0.15) is 0 Å². The van der Waals surface area contributed by atoms with Crippen LogP contribution < -0.4 is 0 Å². The number of hydrogen-bond acceptors (Lipinski definition) is 2. The second-order valence-electron chi connectivity index (χ2n) is 13.5. The first-order chi connectivity index (χ1) is 26.2. The van der Waals surface area contributed by atoms with Crippen LogP contribution in [0.5, 0.6) is 0 Å². The molecule has 53 heavy (non-hydrogen) atoms. The lowest BCUT2D eigenvalue weighted by Gasteiger charge is -2.15. The number of aromatic nitrogens is 1. The highest BCUT2D eigenvalue weighted by Gasteiger charge is 2.32. The van der Waals surface area contributed by atoms with Gasteiger partial charge in [-0.3, -0.25) is 9.98 Å². The Bertz CT molecular complexity index is 2510. The molecule has 0 bridgehead atoms. The highest BCUT2D eigenvalue weighted by molar-refractivity contribution is 6.16. The maximum absolute atomic E-state index is 5.23. The Morgan fingerprint density at radius 3 is 2.38 bits per heavy atom. The number of fused-ring (bicyclic) bond motifs is 5. The zero-order valence-electron chi connectivity index (χ0n) is 29.9. The van der Waals surface area contributed by atoms with Crippen molar-refractivity contribution in [3.8, 4) is 11.1 Å². The SMILES string of the molecule is C=NC(=NC(=NCc1cccc2ccccc12)c1ccc2c(c1)C=CCC2)c1cccc2c1-c1ccccc1C2c1cccnc1.Cc1ccccc1. The first-order valence-electron chi connectivity index (χ1n) is 18.2. The molecule has 0 N–H and O–H groups in total. The van der Waals surface area contributed by atoms with Crippen molar-refractivity contribution in [2.45, 2.75) is 32.2 Å². The van der Waals surface area contributed by atoms with Crippen LogP contribution in [0.3, 0.4) is 0 Å². The summed E-state index contributed by atoms with van der Waals surface area (Å²) >= 11 is 0. The topological polar surface area (TPSA) is 50.0 Å². The summed E-state index contributed by atoms with van der Waals surface area (Å²) in [5.74, 6) is 1.28. The van der Waals surface area contributed by atoms with Crippen molar-refractivity contribution in [3.63, 3.8) is 0 Å². The number of aryl methyl sites for hydroxylation is 2. The maximum Gasteiger partial charge on any atom is 0.161 e. The highest BCUT2D eigenvalue weighted by Crippen LogP contribution is 2.49. The van der Waals surface area contributed by atoms with Gasteiger partial charge in [-0.1, -0.05) is 151 Å². The number of rotatable bonds is 5. The summed E-state index contributed by atoms with van der Waals surface area (Å²) in [6.45, 7) is 6.59. The zero-order valence-corrected chi connectivity index (χ0v) is 29.9. The van der Waals surface area contributed by atoms with E-state index in [0.717, 1.165) is 40.7 Å². The third kappa shape index (κ3) is 7.04. The van der Waals surface area contributed by atoms with Gasteiger partial charge >= 0.3 is 0 Å². The average molecular weight is 685 g/mol. The fraction of sp³-hybridized carbons (Fsp3) is 0.102. The third-order valence-corrected chi connectivity index (χ3v) is 10.1. The van der Waals surface area contributed by atoms with Crippen LogP contribution >= 0.6 is 0 Å². The molecule has 0 fully saturated rings. The second-order valence-corrected chi connectivity index (χ2v) is 13.5. The number of hydrogen-bond donors (Lipinski definition) is 0. The number of benzene rings is 6. The lowest BCUT2D eigenvalue weighted by atomic mass is 9.90. The number of pyridine rings is 1. The summed E-state index contributed by atoms with van der Waals surface area (Å²) in [5, 5.41) is 2.40. The van der Waals surface area contributed by atoms with Crippen LogP contribution in [0.15, 0.2) is 179 Å². The van der Waals surface area contributed by atoms with E-state index in [-0.39, 0.29) is 5.92 Å². The van der Waals surface area contributed by atoms with Crippen molar-refractivity contribution in [2.75, 3.05) is 0 Å². The van der Waals surface area contributed by atoms with E-state index in [0.29, 0.717) is 18.2 Å². The van der Waals surface area contributed by atoms with Crippen molar-refractivity contribution in [1.82, 2.24) is 4.98 Å². The van der Waals surface area contributed by atoms with Gasteiger partial charge in [0.25, 0.3) is 0 Å². The Kier molecular flexibility index (Phi) is 9.76. The Morgan fingerprint density at radius 2 is 1.55 bits per heavy atom. The molecule has 9 rings (SSSR count). The van der Waals surface area contributed by atoms with Gasteiger partial charge < -0.3 is 0 Å². The van der Waals surface area contributed by atoms with Gasteiger partial charge in [-0.05, 0) is 93.9 Å². The molecule has 0 spiro atoms. The van der Waals surface area contributed by atoms with E-state index in [1.54, 1.807) is 0 Å². The predicted molar refractivity (Wildman–Crippen MR) is 222 cm³/mol. The van der Waals surface area contributed by atoms with Crippen LogP contribution in [0.4, 0.5) is 0 Å². The van der Waals surface area contributed by atoms with E-state index >= 15 is 0 Å². The van der Waals surface area contributed by atoms with E-state index in [1.807, 2.05) is 36.7 Å². The van der Waals surface area contributed by atoms with E-state index in [9.17, 15) is 0 Å². The Labute approximate surface area is 311 Å². The number of allylic oxidation sites excluding steroid dienone is 1. The normalized spacial score (nSPS) is 14.5. The predicted octanol–water partition coefficient (Wildman–Crippen LogP) is 11.4. The minimum atomic E-state index is 0.0813. The minimum Gasteiger partial charge on any atom is -0.264 e. The molecular formula is C49H40N4. The number of amidine groups is 2. The van der Waals surface area contributed by atoms with Crippen molar-refractivity contribution in [2.24, 2.45) is 15.0 Å². The Hall–Kier alpha value is -6.52. The summed E-state index contributed by atoms with van der Waals surface area (Å²) in [6, 6.07) is 50.9. The molecule has 4 heteroatoms. The molecule has 4 nitrogen and oxygen atoms in total. The molecule has 2 aliphatic rings. The first kappa shape index (κ1) is 33.6. The van der Waals surface area contributed by atoms with Crippen LogP contribution in [0.1, 0.15) is 62.4 Å². The lowest BCUT2D eigenvalue weighted by molar-refractivity contribution is 0.985. The largest absolute Gasteiger partial charge is 0.264 e. The molecule has 1 unspecified atom stereocenters. The molecule has 0 radical (unpaired) electrons. The van der Waals surface area contributed by atoms with Crippen LogP contribution in [-0.2, 0) is 13.0 Å². The fourth-order valence-electron chi connectivity index (χ4n) is 7.51. The molecule has 1 heterocycles. The lowest BCUT2D eigenvalue weighted by Crippen LogP contribution is -2.08. The summed E-state index contributed by atoms with van der Waals surface area (Å²) < 4.78 is 0. The van der Waals surface area contributed by atoms with Crippen LogP contribution in [-0.4, -0.2) is 23.4 Å².